The fraction of sp³-hybridized carbons (Fsp3) is 0.231. The van der Waals surface area contributed by atoms with Gasteiger partial charge in [0.15, 0.2) is 0 Å². The molecule has 1 N–H and O–H groups in total. The summed E-state index contributed by atoms with van der Waals surface area (Å²) in [4.78, 5) is 8.47. The van der Waals surface area contributed by atoms with Crippen molar-refractivity contribution in [2.75, 3.05) is 12.4 Å². The van der Waals surface area contributed by atoms with Crippen LogP contribution in [0, 0.1) is 13.8 Å². The van der Waals surface area contributed by atoms with E-state index in [4.69, 9.17) is 4.74 Å². The largest absolute Gasteiger partial charge is 0.480 e. The molecule has 18 heavy (non-hydrogen) atoms. The first-order valence-electron chi connectivity index (χ1n) is 5.51. The molecule has 0 bridgehead atoms. The third-order valence-electron chi connectivity index (χ3n) is 2.54. The number of anilines is 2. The molecule has 1 aromatic heterocycles. The van der Waals surface area contributed by atoms with Crippen LogP contribution in [-0.4, -0.2) is 17.1 Å². The molecule has 0 saturated carbocycles. The van der Waals surface area contributed by atoms with Crippen LogP contribution >= 0.6 is 15.9 Å². The number of nitrogens with zero attached hydrogens (tertiary/aromatic N) is 2. The van der Waals surface area contributed by atoms with Gasteiger partial charge in [0, 0.05) is 5.69 Å². The first-order valence-corrected chi connectivity index (χ1v) is 6.30. The zero-order valence-corrected chi connectivity index (χ0v) is 12.1. The van der Waals surface area contributed by atoms with E-state index in [0.717, 1.165) is 15.7 Å². The van der Waals surface area contributed by atoms with E-state index in [1.807, 2.05) is 13.8 Å². The average Bonchev–Trinajstić information content (AvgIpc) is 2.36. The number of hydrogen-bond acceptors (Lipinski definition) is 4. The van der Waals surface area contributed by atoms with Crippen molar-refractivity contribution in [2.24, 2.45) is 0 Å². The van der Waals surface area contributed by atoms with Gasteiger partial charge >= 0.3 is 0 Å². The Morgan fingerprint density at radius 3 is 2.78 bits per heavy atom. The number of aryl methyl sites for hydroxylation is 2. The SMILES string of the molecule is COc1nc(Nc2cc(C)ccc2C)ncc1Br. The van der Waals surface area contributed by atoms with Gasteiger partial charge in [-0.2, -0.15) is 4.98 Å². The minimum Gasteiger partial charge on any atom is -0.480 e. The number of aromatic nitrogens is 2. The molecule has 0 aliphatic rings. The summed E-state index contributed by atoms with van der Waals surface area (Å²) in [7, 11) is 1.58. The highest BCUT2D eigenvalue weighted by molar-refractivity contribution is 9.10. The standard InChI is InChI=1S/C13H14BrN3O/c1-8-4-5-9(2)11(6-8)16-13-15-7-10(14)12(17-13)18-3/h4-7H,1-3H3,(H,15,16,17). The summed E-state index contributed by atoms with van der Waals surface area (Å²) in [5.41, 5.74) is 3.33. The van der Waals surface area contributed by atoms with E-state index < -0.39 is 0 Å². The Kier molecular flexibility index (Phi) is 3.81. The summed E-state index contributed by atoms with van der Waals surface area (Å²) in [6, 6.07) is 6.20. The molecule has 1 aromatic carbocycles. The lowest BCUT2D eigenvalue weighted by molar-refractivity contribution is 0.394. The molecule has 0 atom stereocenters. The van der Waals surface area contributed by atoms with Gasteiger partial charge in [-0.3, -0.25) is 0 Å². The van der Waals surface area contributed by atoms with Gasteiger partial charge in [-0.05, 0) is 47.0 Å². The van der Waals surface area contributed by atoms with E-state index in [2.05, 4.69) is 49.4 Å². The van der Waals surface area contributed by atoms with Crippen LogP contribution in [0.15, 0.2) is 28.9 Å². The van der Waals surface area contributed by atoms with E-state index in [1.54, 1.807) is 13.3 Å². The van der Waals surface area contributed by atoms with Gasteiger partial charge in [0.05, 0.1) is 17.8 Å². The molecule has 4 nitrogen and oxygen atoms in total. The van der Waals surface area contributed by atoms with Crippen LogP contribution in [0.25, 0.3) is 0 Å². The van der Waals surface area contributed by atoms with Crippen LogP contribution < -0.4 is 10.1 Å². The molecule has 0 saturated heterocycles. The van der Waals surface area contributed by atoms with E-state index in [9.17, 15) is 0 Å². The summed E-state index contributed by atoms with van der Waals surface area (Å²) in [6.45, 7) is 4.09. The smallest absolute Gasteiger partial charge is 0.232 e. The van der Waals surface area contributed by atoms with Crippen LogP contribution in [0.3, 0.4) is 0 Å². The van der Waals surface area contributed by atoms with E-state index in [1.165, 1.54) is 5.56 Å². The summed E-state index contributed by atoms with van der Waals surface area (Å²) >= 11 is 3.32. The Bertz CT molecular complexity index is 572. The summed E-state index contributed by atoms with van der Waals surface area (Å²) in [5, 5.41) is 3.19. The normalized spacial score (nSPS) is 10.2. The molecule has 0 aliphatic carbocycles. The quantitative estimate of drug-likeness (QED) is 0.941. The summed E-state index contributed by atoms with van der Waals surface area (Å²) in [5.74, 6) is 1.03. The highest BCUT2D eigenvalue weighted by Crippen LogP contribution is 2.24. The van der Waals surface area contributed by atoms with Gasteiger partial charge in [-0.15, -0.1) is 0 Å². The molecule has 5 heteroatoms. The van der Waals surface area contributed by atoms with Crippen LogP contribution in [0.4, 0.5) is 11.6 Å². The van der Waals surface area contributed by atoms with Crippen molar-refractivity contribution in [2.45, 2.75) is 13.8 Å². The molecule has 1 heterocycles. The topological polar surface area (TPSA) is 47.0 Å². The average molecular weight is 308 g/mol. The zero-order chi connectivity index (χ0) is 13.1. The highest BCUT2D eigenvalue weighted by Gasteiger charge is 2.06. The highest BCUT2D eigenvalue weighted by atomic mass is 79.9. The molecule has 0 radical (unpaired) electrons. The van der Waals surface area contributed by atoms with Gasteiger partial charge in [0.25, 0.3) is 0 Å². The number of benzene rings is 1. The molecule has 2 aromatic rings. The molecular weight excluding hydrogens is 294 g/mol. The number of hydrogen-bond donors (Lipinski definition) is 1. The number of rotatable bonds is 3. The molecule has 0 fully saturated rings. The maximum absolute atomic E-state index is 5.14. The van der Waals surface area contributed by atoms with Gasteiger partial charge in [-0.25, -0.2) is 4.98 Å². The minimum atomic E-state index is 0.512. The van der Waals surface area contributed by atoms with Gasteiger partial charge in [0.1, 0.15) is 0 Å². The zero-order valence-electron chi connectivity index (χ0n) is 10.5. The maximum atomic E-state index is 5.14. The number of methoxy groups -OCH3 is 1. The maximum Gasteiger partial charge on any atom is 0.232 e. The molecule has 0 spiro atoms. The lowest BCUT2D eigenvalue weighted by Gasteiger charge is -2.10. The summed E-state index contributed by atoms with van der Waals surface area (Å²) < 4.78 is 5.87. The van der Waals surface area contributed by atoms with Crippen LogP contribution in [-0.2, 0) is 0 Å². The van der Waals surface area contributed by atoms with Crippen molar-refractivity contribution in [3.05, 3.63) is 40.0 Å². The molecule has 2 rings (SSSR count). The second-order valence-corrected chi connectivity index (χ2v) is 4.85. The van der Waals surface area contributed by atoms with Crippen LogP contribution in [0.5, 0.6) is 5.88 Å². The monoisotopic (exact) mass is 307 g/mol. The van der Waals surface area contributed by atoms with Gasteiger partial charge in [-0.1, -0.05) is 12.1 Å². The van der Waals surface area contributed by atoms with E-state index in [0.29, 0.717) is 11.8 Å². The molecular formula is C13H14BrN3O. The molecule has 0 amide bonds. The number of ether oxygens (including phenoxy) is 1. The van der Waals surface area contributed by atoms with Crippen molar-refractivity contribution in [3.63, 3.8) is 0 Å². The third-order valence-corrected chi connectivity index (χ3v) is 3.09. The van der Waals surface area contributed by atoms with Crippen molar-refractivity contribution in [1.82, 2.24) is 9.97 Å². The Morgan fingerprint density at radius 1 is 1.28 bits per heavy atom. The minimum absolute atomic E-state index is 0.512. The Morgan fingerprint density at radius 2 is 2.06 bits per heavy atom. The van der Waals surface area contributed by atoms with Crippen molar-refractivity contribution < 1.29 is 4.74 Å². The lowest BCUT2D eigenvalue weighted by atomic mass is 10.1. The van der Waals surface area contributed by atoms with E-state index >= 15 is 0 Å². The Balaban J connectivity index is 2.31. The predicted octanol–water partition coefficient (Wildman–Crippen LogP) is 3.61. The molecule has 0 aliphatic heterocycles. The third kappa shape index (κ3) is 2.79. The molecule has 0 unspecified atom stereocenters. The Hall–Kier alpha value is -1.62. The second-order valence-electron chi connectivity index (χ2n) is 3.99. The van der Waals surface area contributed by atoms with Crippen molar-refractivity contribution >= 4 is 27.6 Å². The number of nitrogens with one attached hydrogen (secondary N) is 1. The van der Waals surface area contributed by atoms with Crippen LogP contribution in [0.2, 0.25) is 0 Å². The lowest BCUT2D eigenvalue weighted by Crippen LogP contribution is -2.00. The number of halogens is 1. The first-order chi connectivity index (χ1) is 8.60. The Labute approximate surface area is 115 Å². The van der Waals surface area contributed by atoms with Gasteiger partial charge < -0.3 is 10.1 Å². The fourth-order valence-corrected chi connectivity index (χ4v) is 1.90. The second kappa shape index (κ2) is 5.35. The molecule has 94 valence electrons. The first kappa shape index (κ1) is 12.8. The summed E-state index contributed by atoms with van der Waals surface area (Å²) in [6.07, 6.45) is 1.67. The van der Waals surface area contributed by atoms with Crippen molar-refractivity contribution in [1.29, 1.82) is 0 Å². The van der Waals surface area contributed by atoms with Gasteiger partial charge in [0.2, 0.25) is 11.8 Å². The fourth-order valence-electron chi connectivity index (χ4n) is 1.55. The van der Waals surface area contributed by atoms with Crippen molar-refractivity contribution in [3.8, 4) is 5.88 Å². The van der Waals surface area contributed by atoms with Crippen LogP contribution in [0.1, 0.15) is 11.1 Å². The predicted molar refractivity (Wildman–Crippen MR) is 75.5 cm³/mol. The van der Waals surface area contributed by atoms with E-state index in [-0.39, 0.29) is 0 Å².